The van der Waals surface area contributed by atoms with E-state index < -0.39 is 81.7 Å². The maximum absolute atomic E-state index is 14.6. The number of nitrogens with zero attached hydrogens (tertiary/aromatic N) is 3. The van der Waals surface area contributed by atoms with E-state index in [9.17, 15) is 39.1 Å². The van der Waals surface area contributed by atoms with Crippen LogP contribution in [0.2, 0.25) is 0 Å². The molecule has 0 radical (unpaired) electrons. The molecule has 2 aromatic carbocycles. The molecule has 0 heterocycles. The standard InChI is InChI=1S/C32H34BrN7O8/c1-39(2)18-9-14(11-38-29(47)48-16-7-5-15(33)6-8-16)22(41)19-17(18)10-30(36)12-32(37)25(40(3)4)24(43)20(28(35)46)26(44)31(32,13-34)27(45)21(30)23(19)42/h5-9,20-21,25,41H,10-12,36-37H2,1-4H3,(H2,35,46)(H,38,47)/t20?,21?,25-,30-,31+,32-/m1/s1. The molecule has 5 rings (SSSR count). The van der Waals surface area contributed by atoms with Crippen LogP contribution in [0.15, 0.2) is 34.8 Å². The number of aromatic hydroxyl groups is 1. The summed E-state index contributed by atoms with van der Waals surface area (Å²) in [6.07, 6.45) is -1.61. The number of rotatable bonds is 6. The molecule has 48 heavy (non-hydrogen) atoms. The van der Waals surface area contributed by atoms with Gasteiger partial charge >= 0.3 is 6.09 Å². The average molecular weight is 725 g/mol. The Hall–Kier alpha value is -4.69. The third-order valence-corrected chi connectivity index (χ3v) is 10.1. The fourth-order valence-corrected chi connectivity index (χ4v) is 7.92. The second-order valence-electron chi connectivity index (χ2n) is 13.0. The monoisotopic (exact) mass is 723 g/mol. The van der Waals surface area contributed by atoms with Crippen LogP contribution in [0.3, 0.4) is 0 Å². The summed E-state index contributed by atoms with van der Waals surface area (Å²) in [4.78, 5) is 84.4. The molecule has 2 saturated carbocycles. The van der Waals surface area contributed by atoms with Gasteiger partial charge < -0.3 is 37.3 Å². The molecule has 0 spiro atoms. The van der Waals surface area contributed by atoms with Crippen LogP contribution in [0.1, 0.15) is 27.9 Å². The molecule has 15 nitrogen and oxygen atoms in total. The highest BCUT2D eigenvalue weighted by molar-refractivity contribution is 9.10. The van der Waals surface area contributed by atoms with Crippen molar-refractivity contribution in [3.8, 4) is 17.6 Å². The van der Waals surface area contributed by atoms with Crippen LogP contribution >= 0.6 is 15.9 Å². The summed E-state index contributed by atoms with van der Waals surface area (Å²) in [6.45, 7) is -0.297. The van der Waals surface area contributed by atoms with E-state index in [0.29, 0.717) is 5.69 Å². The normalized spacial score (nSPS) is 29.4. The number of primary amides is 1. The summed E-state index contributed by atoms with van der Waals surface area (Å²) in [5, 5.41) is 24.6. The van der Waals surface area contributed by atoms with Crippen LogP contribution in [-0.4, -0.2) is 90.5 Å². The summed E-state index contributed by atoms with van der Waals surface area (Å²) in [7, 11) is 6.21. The number of nitrogens with two attached hydrogens (primary N) is 3. The summed E-state index contributed by atoms with van der Waals surface area (Å²) >= 11 is 3.29. The molecule has 6 atom stereocenters. The number of phenols is 1. The zero-order chi connectivity index (χ0) is 35.7. The number of carbonyl (C=O) groups is 6. The van der Waals surface area contributed by atoms with Crippen molar-refractivity contribution in [2.45, 2.75) is 36.5 Å². The van der Waals surface area contributed by atoms with Gasteiger partial charge in [0.1, 0.15) is 17.4 Å². The van der Waals surface area contributed by atoms with Crippen LogP contribution in [0.4, 0.5) is 10.5 Å². The number of carbonyl (C=O) groups excluding carboxylic acids is 6. The molecular weight excluding hydrogens is 690 g/mol. The first-order valence-corrected chi connectivity index (χ1v) is 15.5. The lowest BCUT2D eigenvalue weighted by molar-refractivity contribution is -0.166. The Labute approximate surface area is 283 Å². The molecule has 0 aromatic heterocycles. The second kappa shape index (κ2) is 11.8. The number of benzene rings is 2. The number of Topliss-reactive ketones (excluding diaryl/α,β-unsaturated/α-hetero) is 4. The number of fused-ring (bicyclic) bond motifs is 3. The minimum Gasteiger partial charge on any atom is -0.507 e. The van der Waals surface area contributed by atoms with Gasteiger partial charge in [-0.3, -0.25) is 28.9 Å². The number of likely N-dealkylation sites (N-methyl/N-ethyl adjacent to an activating group) is 1. The Morgan fingerprint density at radius 3 is 2.27 bits per heavy atom. The fourth-order valence-electron chi connectivity index (χ4n) is 7.66. The van der Waals surface area contributed by atoms with E-state index in [1.807, 2.05) is 0 Å². The third-order valence-electron chi connectivity index (χ3n) is 9.58. The van der Waals surface area contributed by atoms with Crippen LogP contribution in [-0.2, 0) is 32.1 Å². The average Bonchev–Trinajstić information content (AvgIpc) is 2.96. The molecule has 2 aromatic rings. The number of ketones is 4. The molecule has 8 N–H and O–H groups in total. The number of nitriles is 1. The van der Waals surface area contributed by atoms with E-state index >= 15 is 0 Å². The maximum atomic E-state index is 14.6. The van der Waals surface area contributed by atoms with Crippen molar-refractivity contribution in [3.05, 3.63) is 51.5 Å². The highest BCUT2D eigenvalue weighted by Gasteiger charge is 2.78. The number of nitrogens with one attached hydrogen (secondary N) is 1. The van der Waals surface area contributed by atoms with E-state index in [1.54, 1.807) is 55.4 Å². The van der Waals surface area contributed by atoms with Gasteiger partial charge in [0.25, 0.3) is 0 Å². The molecule has 3 aliphatic carbocycles. The number of ether oxygens (including phenoxy) is 1. The molecule has 0 saturated heterocycles. The topological polar surface area (TPSA) is 252 Å². The van der Waals surface area contributed by atoms with Crippen LogP contribution in [0, 0.1) is 28.6 Å². The maximum Gasteiger partial charge on any atom is 0.412 e. The Kier molecular flexibility index (Phi) is 8.50. The Balaban J connectivity index is 1.61. The van der Waals surface area contributed by atoms with Gasteiger partial charge in [-0.1, -0.05) is 15.9 Å². The van der Waals surface area contributed by atoms with E-state index in [1.165, 1.54) is 19.0 Å². The number of anilines is 1. The first-order chi connectivity index (χ1) is 22.4. The Bertz CT molecular complexity index is 1840. The first-order valence-electron chi connectivity index (χ1n) is 14.7. The zero-order valence-electron chi connectivity index (χ0n) is 26.5. The molecule has 0 bridgehead atoms. The first kappa shape index (κ1) is 34.6. The zero-order valence-corrected chi connectivity index (χ0v) is 28.1. The van der Waals surface area contributed by atoms with Crippen molar-refractivity contribution in [1.82, 2.24) is 10.2 Å². The number of phenolic OH excluding ortho intramolecular Hbond substituents is 1. The molecule has 0 aliphatic heterocycles. The van der Waals surface area contributed by atoms with Gasteiger partial charge in [-0.15, -0.1) is 0 Å². The predicted octanol–water partition coefficient (Wildman–Crippen LogP) is -0.0744. The van der Waals surface area contributed by atoms with E-state index in [2.05, 4.69) is 21.2 Å². The lowest BCUT2D eigenvalue weighted by atomic mass is 9.42. The van der Waals surface area contributed by atoms with Gasteiger partial charge in [-0.2, -0.15) is 5.26 Å². The molecule has 252 valence electrons. The molecule has 3 aliphatic rings. The Morgan fingerprint density at radius 1 is 1.10 bits per heavy atom. The molecule has 2 unspecified atom stereocenters. The van der Waals surface area contributed by atoms with Gasteiger partial charge in [0.15, 0.2) is 34.5 Å². The van der Waals surface area contributed by atoms with Gasteiger partial charge in [0.05, 0.1) is 23.2 Å². The summed E-state index contributed by atoms with van der Waals surface area (Å²) in [6, 6.07) is 8.20. The van der Waals surface area contributed by atoms with E-state index in [0.717, 1.165) is 4.47 Å². The smallest absolute Gasteiger partial charge is 0.412 e. The van der Waals surface area contributed by atoms with Gasteiger partial charge in [-0.25, -0.2) is 4.79 Å². The number of halogens is 1. The minimum absolute atomic E-state index is 0.0929. The lowest BCUT2D eigenvalue weighted by Crippen LogP contribution is -2.85. The molecule has 16 heteroatoms. The number of hydrogen-bond donors (Lipinski definition) is 5. The largest absolute Gasteiger partial charge is 0.507 e. The van der Waals surface area contributed by atoms with E-state index in [-0.39, 0.29) is 35.4 Å². The number of hydrogen-bond acceptors (Lipinski definition) is 13. The van der Waals surface area contributed by atoms with Crippen molar-refractivity contribution in [2.75, 3.05) is 33.1 Å². The lowest BCUT2D eigenvalue weighted by Gasteiger charge is -2.60. The van der Waals surface area contributed by atoms with E-state index in [4.69, 9.17) is 21.9 Å². The molecular formula is C32H34BrN7O8. The van der Waals surface area contributed by atoms with Crippen molar-refractivity contribution in [2.24, 2.45) is 34.5 Å². The van der Waals surface area contributed by atoms with Crippen molar-refractivity contribution in [3.63, 3.8) is 0 Å². The molecule has 2 fully saturated rings. The Morgan fingerprint density at radius 2 is 1.73 bits per heavy atom. The quantitative estimate of drug-likeness (QED) is 0.245. The van der Waals surface area contributed by atoms with Crippen molar-refractivity contribution in [1.29, 1.82) is 5.26 Å². The van der Waals surface area contributed by atoms with Gasteiger partial charge in [-0.05, 0) is 62.8 Å². The van der Waals surface area contributed by atoms with Crippen LogP contribution in [0.5, 0.6) is 11.5 Å². The number of amides is 2. The predicted molar refractivity (Wildman–Crippen MR) is 173 cm³/mol. The van der Waals surface area contributed by atoms with Crippen molar-refractivity contribution < 1.29 is 38.6 Å². The van der Waals surface area contributed by atoms with Crippen LogP contribution in [0.25, 0.3) is 0 Å². The van der Waals surface area contributed by atoms with Crippen LogP contribution < -0.4 is 32.2 Å². The summed E-state index contributed by atoms with van der Waals surface area (Å²) < 4.78 is 6.04. The SMILES string of the molecule is CN(C)c1cc(CNC(=O)Oc2ccc(Br)cc2)c(O)c2c1C[C@@]1(N)C[C@@]3(N)[C@H](N(C)C)C(=O)C(C(N)=O)C(=O)[C@@]3(C#N)C(=O)C1C2=O. The van der Waals surface area contributed by atoms with Gasteiger partial charge in [0.2, 0.25) is 5.91 Å². The summed E-state index contributed by atoms with van der Waals surface area (Å²) in [5.41, 5.74) is 12.7. The highest BCUT2D eigenvalue weighted by atomic mass is 79.9. The second-order valence-corrected chi connectivity index (χ2v) is 13.9. The minimum atomic E-state index is -2.85. The highest BCUT2D eigenvalue weighted by Crippen LogP contribution is 2.57. The molecule has 2 amide bonds. The fraction of sp³-hybridized carbons (Fsp3) is 0.406. The van der Waals surface area contributed by atoms with Crippen molar-refractivity contribution >= 4 is 56.8 Å². The third kappa shape index (κ3) is 4.88. The van der Waals surface area contributed by atoms with Gasteiger partial charge in [0, 0.05) is 41.9 Å². The summed E-state index contributed by atoms with van der Waals surface area (Å²) in [5.74, 6) is -10.4.